The van der Waals surface area contributed by atoms with E-state index >= 15 is 0 Å². The summed E-state index contributed by atoms with van der Waals surface area (Å²) in [5.41, 5.74) is 5.61. The normalized spacial score (nSPS) is 19.8. The van der Waals surface area contributed by atoms with Gasteiger partial charge in [0, 0.05) is 12.6 Å². The molecule has 1 fully saturated rings. The molecule has 0 amide bonds. The summed E-state index contributed by atoms with van der Waals surface area (Å²) >= 11 is 0. The maximum absolute atomic E-state index is 8.71. The van der Waals surface area contributed by atoms with Crippen molar-refractivity contribution in [3.05, 3.63) is 7.43 Å². The largest absolute Gasteiger partial charge is 1.00 e. The van der Waals surface area contributed by atoms with Gasteiger partial charge in [0.25, 0.3) is 0 Å². The fourth-order valence-corrected chi connectivity index (χ4v) is 1.53. The van der Waals surface area contributed by atoms with Gasteiger partial charge in [0.15, 0.2) is 0 Å². The third kappa shape index (κ3) is 7.45. The van der Waals surface area contributed by atoms with Crippen LogP contribution in [0.1, 0.15) is 19.3 Å². The Bertz CT molecular complexity index is 108. The Morgan fingerprint density at radius 3 is 2.23 bits per heavy atom. The summed E-state index contributed by atoms with van der Waals surface area (Å²) in [4.78, 5) is 2.34. The third-order valence-corrected chi connectivity index (χ3v) is 2.18. The Morgan fingerprint density at radius 2 is 1.77 bits per heavy atom. The van der Waals surface area contributed by atoms with Gasteiger partial charge in [0.2, 0.25) is 0 Å². The molecule has 1 aliphatic rings. The Kier molecular flexibility index (Phi) is 13.1. The van der Waals surface area contributed by atoms with Crippen LogP contribution in [0.4, 0.5) is 0 Å². The Labute approximate surface area is 124 Å². The minimum atomic E-state index is -0.0481. The predicted octanol–water partition coefficient (Wildman–Crippen LogP) is -2.75. The fraction of sp³-hybridized carbons (Fsp3) is 0.889. The van der Waals surface area contributed by atoms with Gasteiger partial charge in [-0.3, -0.25) is 0 Å². The maximum atomic E-state index is 8.71. The molecule has 0 aromatic rings. The fourth-order valence-electron chi connectivity index (χ4n) is 1.53. The summed E-state index contributed by atoms with van der Waals surface area (Å²) in [5.74, 6) is 0. The first-order valence-corrected chi connectivity index (χ1v) is 4.41. The number of rotatable bonds is 3. The molecule has 3 nitrogen and oxygen atoms in total. The molecule has 0 spiro atoms. The summed E-state index contributed by atoms with van der Waals surface area (Å²) in [6.45, 7) is 3.29. The second-order valence-electron chi connectivity index (χ2n) is 3.30. The molecule has 0 radical (unpaired) electrons. The van der Waals surface area contributed by atoms with Crippen molar-refractivity contribution in [2.45, 2.75) is 25.3 Å². The summed E-state index contributed by atoms with van der Waals surface area (Å²) < 4.78 is 0. The molecule has 1 aliphatic heterocycles. The van der Waals surface area contributed by atoms with Crippen LogP contribution in [0.3, 0.4) is 0 Å². The van der Waals surface area contributed by atoms with Gasteiger partial charge in [0.1, 0.15) is 0 Å². The summed E-state index contributed by atoms with van der Waals surface area (Å²) in [7, 11) is 0. The number of piperidine rings is 1. The topological polar surface area (TPSA) is 49.5 Å². The van der Waals surface area contributed by atoms with Crippen LogP contribution in [0, 0.1) is 7.43 Å². The number of hydrogen-bond acceptors (Lipinski definition) is 3. The predicted molar refractivity (Wildman–Crippen MR) is 51.8 cm³/mol. The molecule has 4 heteroatoms. The van der Waals surface area contributed by atoms with E-state index in [1.807, 2.05) is 0 Å². The van der Waals surface area contributed by atoms with Gasteiger partial charge >= 0.3 is 51.4 Å². The molecule has 1 heterocycles. The van der Waals surface area contributed by atoms with Crippen LogP contribution in [-0.4, -0.2) is 42.3 Å². The third-order valence-electron chi connectivity index (χ3n) is 2.18. The smallest absolute Gasteiger partial charge is 0.395 e. The number of aliphatic hydroxyl groups excluding tert-OH is 1. The van der Waals surface area contributed by atoms with Crippen molar-refractivity contribution in [1.82, 2.24) is 4.90 Å². The number of aliphatic hydroxyl groups is 1. The van der Waals surface area contributed by atoms with Crippen molar-refractivity contribution in [2.75, 3.05) is 26.2 Å². The van der Waals surface area contributed by atoms with E-state index in [9.17, 15) is 0 Å². The summed E-state index contributed by atoms with van der Waals surface area (Å²) in [5, 5.41) is 8.71. The number of likely N-dealkylation sites (tertiary alicyclic amines) is 1. The molecule has 13 heavy (non-hydrogen) atoms. The van der Waals surface area contributed by atoms with Crippen LogP contribution in [0.2, 0.25) is 0 Å². The molecule has 1 atom stereocenters. The molecule has 1 saturated heterocycles. The minimum Gasteiger partial charge on any atom is -0.395 e. The van der Waals surface area contributed by atoms with Crippen molar-refractivity contribution < 1.29 is 56.5 Å². The van der Waals surface area contributed by atoms with Crippen LogP contribution in [0.5, 0.6) is 0 Å². The molecule has 1 rings (SSSR count). The van der Waals surface area contributed by atoms with E-state index in [0.29, 0.717) is 0 Å². The Morgan fingerprint density at radius 1 is 1.23 bits per heavy atom. The molecule has 0 aromatic carbocycles. The molecule has 3 N–H and O–H groups in total. The van der Waals surface area contributed by atoms with E-state index < -0.39 is 0 Å². The van der Waals surface area contributed by atoms with Crippen LogP contribution in [0.15, 0.2) is 0 Å². The molecule has 0 saturated carbocycles. The van der Waals surface area contributed by atoms with Gasteiger partial charge in [-0.05, 0) is 25.9 Å². The summed E-state index contributed by atoms with van der Waals surface area (Å²) in [6.07, 6.45) is 3.93. The zero-order valence-corrected chi connectivity index (χ0v) is 12.1. The van der Waals surface area contributed by atoms with E-state index in [1.54, 1.807) is 0 Å². The van der Waals surface area contributed by atoms with Gasteiger partial charge in [-0.2, -0.15) is 0 Å². The number of nitrogens with two attached hydrogens (primary N) is 1. The second kappa shape index (κ2) is 10.0. The maximum Gasteiger partial charge on any atom is 1.00 e. The second-order valence-corrected chi connectivity index (χ2v) is 3.30. The van der Waals surface area contributed by atoms with Crippen molar-refractivity contribution >= 4 is 0 Å². The first kappa shape index (κ1) is 16.9. The first-order valence-electron chi connectivity index (χ1n) is 4.41. The van der Waals surface area contributed by atoms with Crippen LogP contribution in [-0.2, 0) is 0 Å². The molecule has 74 valence electrons. The van der Waals surface area contributed by atoms with Gasteiger partial charge in [-0.15, -0.1) is 0 Å². The van der Waals surface area contributed by atoms with E-state index in [4.69, 9.17) is 10.8 Å². The van der Waals surface area contributed by atoms with E-state index in [0.717, 1.165) is 19.6 Å². The van der Waals surface area contributed by atoms with Gasteiger partial charge in [0.05, 0.1) is 6.61 Å². The number of hydrogen-bond donors (Lipinski definition) is 2. The minimum absolute atomic E-state index is 0. The molecule has 1 unspecified atom stereocenters. The zero-order valence-electron chi connectivity index (χ0n) is 9.00. The zero-order chi connectivity index (χ0) is 8.10. The first-order chi connectivity index (χ1) is 5.33. The molecular weight excluding hydrogens is 191 g/mol. The SMILES string of the molecule is NC(CO)CN1CCCCC1.[CH3-].[K+]. The average Bonchev–Trinajstić information content (AvgIpc) is 2.06. The van der Waals surface area contributed by atoms with Crippen molar-refractivity contribution in [3.63, 3.8) is 0 Å². The van der Waals surface area contributed by atoms with E-state index in [2.05, 4.69) is 4.90 Å². The molecule has 0 bridgehead atoms. The molecule has 0 aromatic heterocycles. The van der Waals surface area contributed by atoms with Crippen LogP contribution < -0.4 is 57.1 Å². The number of nitrogens with zero attached hydrogens (tertiary/aromatic N) is 1. The van der Waals surface area contributed by atoms with Crippen LogP contribution >= 0.6 is 0 Å². The van der Waals surface area contributed by atoms with Gasteiger partial charge in [-0.25, -0.2) is 0 Å². The quantitative estimate of drug-likeness (QED) is 0.394. The van der Waals surface area contributed by atoms with Crippen molar-refractivity contribution in [3.8, 4) is 0 Å². The Balaban J connectivity index is 0. The summed E-state index contributed by atoms with van der Waals surface area (Å²) in [6, 6.07) is -0.0481. The molecule has 0 aliphatic carbocycles. The Hall–Kier alpha value is 1.52. The van der Waals surface area contributed by atoms with Crippen LogP contribution in [0.25, 0.3) is 0 Å². The standard InChI is InChI=1S/C8H18N2O.CH3.K/c9-8(7-11)6-10-4-2-1-3-5-10;;/h8,11H,1-7,9H2;1H3;/q;-1;+1. The van der Waals surface area contributed by atoms with E-state index in [-0.39, 0.29) is 71.5 Å². The average molecular weight is 212 g/mol. The van der Waals surface area contributed by atoms with Gasteiger partial charge in [-0.1, -0.05) is 6.42 Å². The van der Waals surface area contributed by atoms with E-state index in [1.165, 1.54) is 19.3 Å². The van der Waals surface area contributed by atoms with Gasteiger partial charge < -0.3 is 23.2 Å². The molecular formula is C9H21KN2O. The van der Waals surface area contributed by atoms with Crippen molar-refractivity contribution in [1.29, 1.82) is 0 Å². The van der Waals surface area contributed by atoms with Crippen molar-refractivity contribution in [2.24, 2.45) is 5.73 Å². The monoisotopic (exact) mass is 212 g/mol.